The van der Waals surface area contributed by atoms with Gasteiger partial charge in [0.05, 0.1) is 18.4 Å². The number of hydrogen-bond donors (Lipinski definition) is 1. The van der Waals surface area contributed by atoms with Crippen LogP contribution in [0.15, 0.2) is 18.2 Å². The molecule has 0 aromatic heterocycles. The minimum Gasteiger partial charge on any atom is -0.507 e. The fourth-order valence-corrected chi connectivity index (χ4v) is 3.05. The number of phenols is 1. The van der Waals surface area contributed by atoms with E-state index < -0.39 is 9.84 Å². The number of carbonyl (C=O) groups is 1. The number of nitrogens with zero attached hydrogens (tertiary/aromatic N) is 2. The zero-order valence-corrected chi connectivity index (χ0v) is 14.2. The highest BCUT2D eigenvalue weighted by atomic mass is 32.2. The molecule has 1 fully saturated rings. The Morgan fingerprint density at radius 3 is 2.43 bits per heavy atom. The lowest BCUT2D eigenvalue weighted by Gasteiger charge is -2.34. The molecule has 0 saturated carbocycles. The van der Waals surface area contributed by atoms with E-state index in [0.29, 0.717) is 38.5 Å². The SMILES string of the molecule is COc1ccc(C(=O)N2CCN(CCS(C)(=O)=O)CC2)c(O)c1. The summed E-state index contributed by atoms with van der Waals surface area (Å²) >= 11 is 0. The molecule has 1 aliphatic heterocycles. The number of rotatable bonds is 5. The van der Waals surface area contributed by atoms with Crippen LogP contribution in [0.3, 0.4) is 0 Å². The second-order valence-corrected chi connectivity index (χ2v) is 7.91. The number of carbonyl (C=O) groups excluding carboxylic acids is 1. The van der Waals surface area contributed by atoms with E-state index in [4.69, 9.17) is 4.74 Å². The molecule has 1 aromatic carbocycles. The van der Waals surface area contributed by atoms with E-state index in [1.165, 1.54) is 19.4 Å². The molecule has 0 radical (unpaired) electrons. The van der Waals surface area contributed by atoms with Crippen LogP contribution in [-0.2, 0) is 9.84 Å². The Hall–Kier alpha value is -1.80. The maximum absolute atomic E-state index is 12.5. The Kier molecular flexibility index (Phi) is 5.48. The number of sulfone groups is 1. The minimum atomic E-state index is -2.98. The molecular weight excluding hydrogens is 320 g/mol. The first-order chi connectivity index (χ1) is 10.8. The molecule has 0 unspecified atom stereocenters. The predicted molar refractivity (Wildman–Crippen MR) is 86.7 cm³/mol. The van der Waals surface area contributed by atoms with Gasteiger partial charge in [0.1, 0.15) is 21.3 Å². The molecule has 1 aromatic rings. The Morgan fingerprint density at radius 1 is 1.26 bits per heavy atom. The number of hydrogen-bond acceptors (Lipinski definition) is 6. The van der Waals surface area contributed by atoms with Crippen molar-refractivity contribution in [2.75, 3.05) is 51.8 Å². The number of aromatic hydroxyl groups is 1. The smallest absolute Gasteiger partial charge is 0.257 e. The van der Waals surface area contributed by atoms with Crippen LogP contribution < -0.4 is 4.74 Å². The van der Waals surface area contributed by atoms with Crippen LogP contribution in [0.25, 0.3) is 0 Å². The van der Waals surface area contributed by atoms with E-state index in [1.807, 2.05) is 4.90 Å². The minimum absolute atomic E-state index is 0.103. The average Bonchev–Trinajstić information content (AvgIpc) is 2.52. The highest BCUT2D eigenvalue weighted by Crippen LogP contribution is 2.25. The van der Waals surface area contributed by atoms with Crippen molar-refractivity contribution in [3.63, 3.8) is 0 Å². The summed E-state index contributed by atoms with van der Waals surface area (Å²) in [7, 11) is -1.48. The van der Waals surface area contributed by atoms with Gasteiger partial charge in [-0.05, 0) is 12.1 Å². The van der Waals surface area contributed by atoms with Crippen molar-refractivity contribution in [3.05, 3.63) is 23.8 Å². The molecule has 1 amide bonds. The van der Waals surface area contributed by atoms with Gasteiger partial charge in [-0.3, -0.25) is 9.69 Å². The Bertz CT molecular complexity index is 666. The first-order valence-corrected chi connectivity index (χ1v) is 9.42. The zero-order chi connectivity index (χ0) is 17.0. The zero-order valence-electron chi connectivity index (χ0n) is 13.4. The number of piperazine rings is 1. The Balaban J connectivity index is 1.93. The molecule has 0 spiro atoms. The fraction of sp³-hybridized carbons (Fsp3) is 0.533. The quantitative estimate of drug-likeness (QED) is 0.823. The van der Waals surface area contributed by atoms with Gasteiger partial charge in [0, 0.05) is 45.0 Å². The first kappa shape index (κ1) is 17.6. The fourth-order valence-electron chi connectivity index (χ4n) is 2.46. The van der Waals surface area contributed by atoms with Crippen molar-refractivity contribution in [3.8, 4) is 11.5 Å². The first-order valence-electron chi connectivity index (χ1n) is 7.36. The summed E-state index contributed by atoms with van der Waals surface area (Å²) in [5, 5.41) is 9.94. The van der Waals surface area contributed by atoms with Gasteiger partial charge in [-0.25, -0.2) is 8.42 Å². The van der Waals surface area contributed by atoms with Crippen LogP contribution in [0.2, 0.25) is 0 Å². The highest BCUT2D eigenvalue weighted by molar-refractivity contribution is 7.90. The van der Waals surface area contributed by atoms with E-state index in [0.717, 1.165) is 0 Å². The molecular formula is C15H22N2O5S. The highest BCUT2D eigenvalue weighted by Gasteiger charge is 2.24. The molecule has 0 aliphatic carbocycles. The standard InChI is InChI=1S/C15H22N2O5S/c1-22-12-3-4-13(14(18)11-12)15(19)17-7-5-16(6-8-17)9-10-23(2,20)21/h3-4,11,18H,5-10H2,1-2H3. The molecule has 0 bridgehead atoms. The molecule has 8 heteroatoms. The van der Waals surface area contributed by atoms with Crippen LogP contribution >= 0.6 is 0 Å². The van der Waals surface area contributed by atoms with Crippen molar-refractivity contribution in [2.45, 2.75) is 0 Å². The van der Waals surface area contributed by atoms with Crippen molar-refractivity contribution in [1.82, 2.24) is 9.80 Å². The average molecular weight is 342 g/mol. The molecule has 1 saturated heterocycles. The summed E-state index contributed by atoms with van der Waals surface area (Å²) in [5.41, 5.74) is 0.246. The van der Waals surface area contributed by atoms with Crippen molar-refractivity contribution >= 4 is 15.7 Å². The summed E-state index contributed by atoms with van der Waals surface area (Å²) in [4.78, 5) is 16.1. The maximum atomic E-state index is 12.5. The summed E-state index contributed by atoms with van der Waals surface area (Å²) in [6, 6.07) is 4.59. The second-order valence-electron chi connectivity index (χ2n) is 5.65. The lowest BCUT2D eigenvalue weighted by Crippen LogP contribution is -2.49. The molecule has 128 valence electrons. The molecule has 7 nitrogen and oxygen atoms in total. The second kappa shape index (κ2) is 7.18. The van der Waals surface area contributed by atoms with Gasteiger partial charge in [0.25, 0.3) is 5.91 Å². The monoisotopic (exact) mass is 342 g/mol. The van der Waals surface area contributed by atoms with Gasteiger partial charge in [0.2, 0.25) is 0 Å². The number of methoxy groups -OCH3 is 1. The van der Waals surface area contributed by atoms with Gasteiger partial charge in [-0.15, -0.1) is 0 Å². The molecule has 23 heavy (non-hydrogen) atoms. The predicted octanol–water partition coefficient (Wildman–Crippen LogP) is 0.203. The van der Waals surface area contributed by atoms with Crippen LogP contribution in [-0.4, -0.2) is 81.1 Å². The molecule has 0 atom stereocenters. The van der Waals surface area contributed by atoms with Crippen LogP contribution in [0.4, 0.5) is 0 Å². The van der Waals surface area contributed by atoms with Crippen molar-refractivity contribution in [1.29, 1.82) is 0 Å². The molecule has 1 aliphatic rings. The Labute approximate surface area is 136 Å². The van der Waals surface area contributed by atoms with Crippen LogP contribution in [0.5, 0.6) is 11.5 Å². The van der Waals surface area contributed by atoms with Crippen LogP contribution in [0, 0.1) is 0 Å². The molecule has 1 heterocycles. The van der Waals surface area contributed by atoms with E-state index in [1.54, 1.807) is 17.0 Å². The van der Waals surface area contributed by atoms with Gasteiger partial charge < -0.3 is 14.7 Å². The topological polar surface area (TPSA) is 87.2 Å². The number of amides is 1. The molecule has 2 rings (SSSR count). The van der Waals surface area contributed by atoms with Crippen LogP contribution in [0.1, 0.15) is 10.4 Å². The van der Waals surface area contributed by atoms with E-state index in [-0.39, 0.29) is 23.0 Å². The lowest BCUT2D eigenvalue weighted by molar-refractivity contribution is 0.0641. The number of phenolic OH excluding ortho intramolecular Hbond substituents is 1. The van der Waals surface area contributed by atoms with Gasteiger partial charge in [0.15, 0.2) is 0 Å². The van der Waals surface area contributed by atoms with Crippen molar-refractivity contribution in [2.24, 2.45) is 0 Å². The summed E-state index contributed by atoms with van der Waals surface area (Å²) < 4.78 is 27.4. The Morgan fingerprint density at radius 2 is 1.91 bits per heavy atom. The third-order valence-electron chi connectivity index (χ3n) is 3.87. The normalized spacial score (nSPS) is 16.3. The number of ether oxygens (including phenoxy) is 1. The largest absolute Gasteiger partial charge is 0.507 e. The van der Waals surface area contributed by atoms with Gasteiger partial charge in [-0.1, -0.05) is 0 Å². The van der Waals surface area contributed by atoms with E-state index in [9.17, 15) is 18.3 Å². The molecule has 1 N–H and O–H groups in total. The van der Waals surface area contributed by atoms with E-state index in [2.05, 4.69) is 0 Å². The third kappa shape index (κ3) is 4.84. The van der Waals surface area contributed by atoms with E-state index >= 15 is 0 Å². The van der Waals surface area contributed by atoms with Crippen molar-refractivity contribution < 1.29 is 23.1 Å². The van der Waals surface area contributed by atoms with Gasteiger partial charge >= 0.3 is 0 Å². The number of benzene rings is 1. The summed E-state index contributed by atoms with van der Waals surface area (Å²) in [6.07, 6.45) is 1.22. The summed E-state index contributed by atoms with van der Waals surface area (Å²) in [5.74, 6) is 0.284. The lowest BCUT2D eigenvalue weighted by atomic mass is 10.1. The van der Waals surface area contributed by atoms with Gasteiger partial charge in [-0.2, -0.15) is 0 Å². The third-order valence-corrected chi connectivity index (χ3v) is 4.80. The maximum Gasteiger partial charge on any atom is 0.257 e. The summed E-state index contributed by atoms with van der Waals surface area (Å²) in [6.45, 7) is 2.74.